The lowest BCUT2D eigenvalue weighted by Gasteiger charge is -2.10. The first-order valence-electron chi connectivity index (χ1n) is 7.42. The number of nitrogens with zero attached hydrogens (tertiary/aromatic N) is 1. The summed E-state index contributed by atoms with van der Waals surface area (Å²) >= 11 is 0. The second kappa shape index (κ2) is 8.19. The Kier molecular flexibility index (Phi) is 6.00. The van der Waals surface area contributed by atoms with Gasteiger partial charge in [-0.1, -0.05) is 24.3 Å². The maximum absolute atomic E-state index is 12.4. The molecule has 26 heavy (non-hydrogen) atoms. The van der Waals surface area contributed by atoms with Gasteiger partial charge in [0.05, 0.1) is 12.0 Å². The van der Waals surface area contributed by atoms with E-state index in [0.29, 0.717) is 11.1 Å². The van der Waals surface area contributed by atoms with Gasteiger partial charge in [-0.2, -0.15) is 8.78 Å². The summed E-state index contributed by atoms with van der Waals surface area (Å²) in [4.78, 5) is 22.6. The molecule has 2 rings (SSSR count). The van der Waals surface area contributed by atoms with Crippen LogP contribution in [0.25, 0.3) is 6.08 Å². The minimum Gasteiger partial charge on any atom is -0.493 e. The third-order valence-corrected chi connectivity index (χ3v) is 3.52. The van der Waals surface area contributed by atoms with E-state index in [-0.39, 0.29) is 22.7 Å². The lowest BCUT2D eigenvalue weighted by Crippen LogP contribution is -2.03. The van der Waals surface area contributed by atoms with Crippen molar-refractivity contribution in [3.05, 3.63) is 69.3 Å². The maximum atomic E-state index is 12.4. The van der Waals surface area contributed by atoms with E-state index in [0.717, 1.165) is 0 Å². The van der Waals surface area contributed by atoms with E-state index in [9.17, 15) is 23.7 Å². The van der Waals surface area contributed by atoms with Crippen LogP contribution in [0, 0.1) is 17.0 Å². The number of carbonyl (C=O) groups excluding carboxylic acids is 1. The maximum Gasteiger partial charge on any atom is 0.387 e. The van der Waals surface area contributed by atoms with E-state index in [1.54, 1.807) is 13.0 Å². The van der Waals surface area contributed by atoms with Crippen molar-refractivity contribution in [2.75, 3.05) is 7.11 Å². The number of nitro benzene ring substituents is 1. The molecule has 0 heterocycles. The highest BCUT2D eigenvalue weighted by Crippen LogP contribution is 2.30. The highest BCUT2D eigenvalue weighted by Gasteiger charge is 2.14. The molecule has 0 spiro atoms. The third-order valence-electron chi connectivity index (χ3n) is 3.52. The zero-order chi connectivity index (χ0) is 19.3. The Bertz CT molecular complexity index is 865. The van der Waals surface area contributed by atoms with Crippen LogP contribution in [0.4, 0.5) is 14.5 Å². The Morgan fingerprint density at radius 3 is 2.54 bits per heavy atom. The summed E-state index contributed by atoms with van der Waals surface area (Å²) in [6.07, 6.45) is 2.59. The number of ketones is 1. The SMILES string of the molecule is COc1ccc(/C=C/C(=O)c2ccc(C)c([N+](=O)[O-])c2)cc1OC(F)F. The molecule has 136 valence electrons. The van der Waals surface area contributed by atoms with Crippen molar-refractivity contribution in [2.24, 2.45) is 0 Å². The smallest absolute Gasteiger partial charge is 0.387 e. The van der Waals surface area contributed by atoms with Gasteiger partial charge in [-0.05, 0) is 30.7 Å². The van der Waals surface area contributed by atoms with Gasteiger partial charge in [-0.25, -0.2) is 0 Å². The largest absolute Gasteiger partial charge is 0.493 e. The normalized spacial score (nSPS) is 11.0. The molecule has 0 aliphatic carbocycles. The highest BCUT2D eigenvalue weighted by atomic mass is 19.3. The van der Waals surface area contributed by atoms with E-state index < -0.39 is 17.3 Å². The number of aryl methyl sites for hydroxylation is 1. The first-order chi connectivity index (χ1) is 12.3. The summed E-state index contributed by atoms with van der Waals surface area (Å²) in [6.45, 7) is -1.44. The number of benzene rings is 2. The van der Waals surface area contributed by atoms with Crippen LogP contribution in [0.15, 0.2) is 42.5 Å². The quantitative estimate of drug-likeness (QED) is 0.315. The van der Waals surface area contributed by atoms with E-state index in [4.69, 9.17) is 4.74 Å². The number of nitro groups is 1. The molecule has 0 unspecified atom stereocenters. The second-order valence-electron chi connectivity index (χ2n) is 5.24. The Balaban J connectivity index is 2.25. The van der Waals surface area contributed by atoms with Crippen molar-refractivity contribution in [2.45, 2.75) is 13.5 Å². The number of hydrogen-bond acceptors (Lipinski definition) is 5. The Hall–Kier alpha value is -3.29. The molecule has 8 heteroatoms. The molecule has 0 amide bonds. The van der Waals surface area contributed by atoms with E-state index >= 15 is 0 Å². The van der Waals surface area contributed by atoms with Crippen molar-refractivity contribution in [1.82, 2.24) is 0 Å². The number of carbonyl (C=O) groups is 1. The number of hydrogen-bond donors (Lipinski definition) is 0. The van der Waals surface area contributed by atoms with Crippen molar-refractivity contribution < 1.29 is 28.0 Å². The Morgan fingerprint density at radius 2 is 1.92 bits per heavy atom. The van der Waals surface area contributed by atoms with Crippen LogP contribution >= 0.6 is 0 Å². The molecule has 6 nitrogen and oxygen atoms in total. The number of halogens is 2. The van der Waals surface area contributed by atoms with E-state index in [2.05, 4.69) is 4.74 Å². The molecule has 0 aromatic heterocycles. The fraction of sp³-hybridized carbons (Fsp3) is 0.167. The van der Waals surface area contributed by atoms with Gasteiger partial charge in [0.25, 0.3) is 5.69 Å². The first-order valence-corrected chi connectivity index (χ1v) is 7.42. The van der Waals surface area contributed by atoms with Crippen LogP contribution in [0.5, 0.6) is 11.5 Å². The number of allylic oxidation sites excluding steroid dienone is 1. The van der Waals surface area contributed by atoms with Crippen LogP contribution in [0.1, 0.15) is 21.5 Å². The van der Waals surface area contributed by atoms with Crippen LogP contribution in [-0.4, -0.2) is 24.4 Å². The molecule has 0 radical (unpaired) electrons. The summed E-state index contributed by atoms with van der Waals surface area (Å²) in [7, 11) is 1.32. The van der Waals surface area contributed by atoms with Crippen LogP contribution < -0.4 is 9.47 Å². The highest BCUT2D eigenvalue weighted by molar-refractivity contribution is 6.07. The monoisotopic (exact) mass is 363 g/mol. The third kappa shape index (κ3) is 4.62. The number of rotatable bonds is 7. The lowest BCUT2D eigenvalue weighted by atomic mass is 10.1. The zero-order valence-electron chi connectivity index (χ0n) is 13.9. The van der Waals surface area contributed by atoms with Crippen molar-refractivity contribution in [3.8, 4) is 11.5 Å². The molecule has 0 aliphatic rings. The van der Waals surface area contributed by atoms with Crippen molar-refractivity contribution in [3.63, 3.8) is 0 Å². The molecular weight excluding hydrogens is 348 g/mol. The van der Waals surface area contributed by atoms with Gasteiger partial charge < -0.3 is 9.47 Å². The Morgan fingerprint density at radius 1 is 1.19 bits per heavy atom. The van der Waals surface area contributed by atoms with Gasteiger partial charge in [0.2, 0.25) is 0 Å². The molecule has 0 fully saturated rings. The van der Waals surface area contributed by atoms with Crippen LogP contribution in [-0.2, 0) is 0 Å². The molecule has 0 aliphatic heterocycles. The van der Waals surface area contributed by atoms with Crippen molar-refractivity contribution >= 4 is 17.5 Å². The predicted octanol–water partition coefficient (Wildman–Crippen LogP) is 4.41. The molecule has 0 saturated heterocycles. The summed E-state index contributed by atoms with van der Waals surface area (Å²) in [5.74, 6) is -0.494. The minimum absolute atomic E-state index is 0.128. The summed E-state index contributed by atoms with van der Waals surface area (Å²) < 4.78 is 34.2. The standard InChI is InChI=1S/C18H15F2NO5/c1-11-3-6-13(10-14(11)21(23)24)15(22)7-4-12-5-8-16(25-2)17(9-12)26-18(19)20/h3-10,18H,1-2H3/b7-4+. The van der Waals surface area contributed by atoms with Gasteiger partial charge in [0.15, 0.2) is 17.3 Å². The fourth-order valence-electron chi connectivity index (χ4n) is 2.21. The number of alkyl halides is 2. The summed E-state index contributed by atoms with van der Waals surface area (Å²) in [6, 6.07) is 8.44. The molecule has 0 N–H and O–H groups in total. The van der Waals surface area contributed by atoms with Crippen LogP contribution in [0.3, 0.4) is 0 Å². The number of ether oxygens (including phenoxy) is 2. The summed E-state index contributed by atoms with van der Waals surface area (Å²) in [5.41, 5.74) is 0.869. The van der Waals surface area contributed by atoms with E-state index in [1.807, 2.05) is 0 Å². The van der Waals surface area contributed by atoms with Gasteiger partial charge in [0.1, 0.15) is 0 Å². The molecule has 2 aromatic rings. The Labute approximate surface area is 147 Å². The molecule has 0 bridgehead atoms. The van der Waals surface area contributed by atoms with Crippen molar-refractivity contribution in [1.29, 1.82) is 0 Å². The topological polar surface area (TPSA) is 78.7 Å². The van der Waals surface area contributed by atoms with Crippen LogP contribution in [0.2, 0.25) is 0 Å². The minimum atomic E-state index is -3.02. The van der Waals surface area contributed by atoms with Gasteiger partial charge >= 0.3 is 6.61 Å². The first kappa shape index (κ1) is 19.0. The molecule has 0 saturated carbocycles. The molecule has 0 atom stereocenters. The molecular formula is C18H15F2NO5. The average Bonchev–Trinajstić information content (AvgIpc) is 2.59. The lowest BCUT2D eigenvalue weighted by molar-refractivity contribution is -0.385. The second-order valence-corrected chi connectivity index (χ2v) is 5.24. The van der Waals surface area contributed by atoms with Gasteiger partial charge in [-0.15, -0.1) is 0 Å². The zero-order valence-corrected chi connectivity index (χ0v) is 13.9. The fourth-order valence-corrected chi connectivity index (χ4v) is 2.21. The van der Waals surface area contributed by atoms with Gasteiger partial charge in [0, 0.05) is 17.2 Å². The van der Waals surface area contributed by atoms with E-state index in [1.165, 1.54) is 49.6 Å². The predicted molar refractivity (Wildman–Crippen MR) is 90.8 cm³/mol. The molecule has 2 aromatic carbocycles. The summed E-state index contributed by atoms with van der Waals surface area (Å²) in [5, 5.41) is 11.0. The number of methoxy groups -OCH3 is 1. The van der Waals surface area contributed by atoms with Gasteiger partial charge in [-0.3, -0.25) is 14.9 Å². The average molecular weight is 363 g/mol.